The van der Waals surface area contributed by atoms with Gasteiger partial charge < -0.3 is 14.7 Å². The minimum Gasteiger partial charge on any atom is -0.489 e. The molecule has 30 heavy (non-hydrogen) atoms. The number of nitrogens with one attached hydrogen (secondary N) is 1. The van der Waals surface area contributed by atoms with Crippen LogP contribution in [-0.2, 0) is 17.6 Å². The van der Waals surface area contributed by atoms with Crippen LogP contribution in [0.4, 0.5) is 18.9 Å². The van der Waals surface area contributed by atoms with Gasteiger partial charge in [-0.25, -0.2) is 0 Å². The predicted octanol–water partition coefficient (Wildman–Crippen LogP) is 4.05. The molecule has 0 radical (unpaired) electrons. The molecule has 1 saturated heterocycles. The number of hydrogen-bond donors (Lipinski definition) is 2. The topological polar surface area (TPSA) is 74.2 Å². The number of fused-ring (bicyclic) bond motifs is 1. The third kappa shape index (κ3) is 4.24. The number of anilines is 1. The van der Waals surface area contributed by atoms with E-state index < -0.39 is 17.7 Å². The van der Waals surface area contributed by atoms with Gasteiger partial charge in [-0.1, -0.05) is 12.1 Å². The maximum Gasteiger partial charge on any atom is 0.416 e. The molecule has 1 fully saturated rings. The average molecular weight is 417 g/mol. The van der Waals surface area contributed by atoms with Gasteiger partial charge in [-0.05, 0) is 48.0 Å². The third-order valence-corrected chi connectivity index (χ3v) is 4.94. The summed E-state index contributed by atoms with van der Waals surface area (Å²) in [6, 6.07) is 10.3. The maximum absolute atomic E-state index is 12.8. The number of carbonyl (C=O) groups is 1. The van der Waals surface area contributed by atoms with E-state index in [-0.39, 0.29) is 12.5 Å². The summed E-state index contributed by atoms with van der Waals surface area (Å²) in [5, 5.41) is 13.3. The molecule has 0 bridgehead atoms. The predicted molar refractivity (Wildman–Crippen MR) is 105 cm³/mol. The SMILES string of the molecule is O=C(O)C1CN(C2=NNc3ccc(OCc4cccc(C(F)(F)F)c4)cc3C=C2)C1. The van der Waals surface area contributed by atoms with Crippen LogP contribution < -0.4 is 10.2 Å². The van der Waals surface area contributed by atoms with Crippen molar-refractivity contribution in [1.29, 1.82) is 0 Å². The first kappa shape index (κ1) is 19.8. The first-order valence-corrected chi connectivity index (χ1v) is 9.22. The van der Waals surface area contributed by atoms with E-state index in [0.29, 0.717) is 30.2 Å². The van der Waals surface area contributed by atoms with Crippen LogP contribution in [0, 0.1) is 5.92 Å². The molecule has 2 heterocycles. The van der Waals surface area contributed by atoms with E-state index in [9.17, 15) is 18.0 Å². The lowest BCUT2D eigenvalue weighted by Crippen LogP contribution is -2.52. The number of ether oxygens (including phenoxy) is 1. The van der Waals surface area contributed by atoms with Gasteiger partial charge in [-0.2, -0.15) is 18.3 Å². The van der Waals surface area contributed by atoms with Gasteiger partial charge in [0, 0.05) is 18.7 Å². The fourth-order valence-corrected chi connectivity index (χ4v) is 3.19. The van der Waals surface area contributed by atoms with Crippen molar-refractivity contribution < 1.29 is 27.8 Å². The van der Waals surface area contributed by atoms with Crippen LogP contribution in [0.2, 0.25) is 0 Å². The summed E-state index contributed by atoms with van der Waals surface area (Å²) in [4.78, 5) is 12.8. The van der Waals surface area contributed by atoms with Crippen molar-refractivity contribution in [2.75, 3.05) is 18.5 Å². The molecular weight excluding hydrogens is 399 g/mol. The van der Waals surface area contributed by atoms with Crippen molar-refractivity contribution in [3.05, 3.63) is 65.2 Å². The number of hydrazone groups is 1. The minimum atomic E-state index is -4.39. The van der Waals surface area contributed by atoms with Crippen molar-refractivity contribution in [2.45, 2.75) is 12.8 Å². The van der Waals surface area contributed by atoms with Crippen LogP contribution in [0.3, 0.4) is 0 Å². The second kappa shape index (κ2) is 7.74. The van der Waals surface area contributed by atoms with E-state index in [1.807, 2.05) is 11.0 Å². The molecule has 2 N–H and O–H groups in total. The molecule has 2 aliphatic rings. The number of amidine groups is 1. The van der Waals surface area contributed by atoms with E-state index in [2.05, 4.69) is 10.5 Å². The fourth-order valence-electron chi connectivity index (χ4n) is 3.19. The Hall–Kier alpha value is -3.49. The molecule has 2 aromatic rings. The van der Waals surface area contributed by atoms with Crippen molar-refractivity contribution in [2.24, 2.45) is 11.0 Å². The van der Waals surface area contributed by atoms with Gasteiger partial charge in [-0.15, -0.1) is 0 Å². The van der Waals surface area contributed by atoms with Gasteiger partial charge in [0.05, 0.1) is 17.2 Å². The Bertz CT molecular complexity index is 1030. The zero-order valence-corrected chi connectivity index (χ0v) is 15.7. The number of hydrogen-bond acceptors (Lipinski definition) is 5. The first-order valence-electron chi connectivity index (χ1n) is 9.22. The molecule has 4 rings (SSSR count). The number of carboxylic acids is 1. The highest BCUT2D eigenvalue weighted by Gasteiger charge is 2.34. The zero-order chi connectivity index (χ0) is 21.3. The summed E-state index contributed by atoms with van der Waals surface area (Å²) in [7, 11) is 0. The lowest BCUT2D eigenvalue weighted by Gasteiger charge is -2.37. The van der Waals surface area contributed by atoms with Gasteiger partial charge in [0.1, 0.15) is 18.2 Å². The van der Waals surface area contributed by atoms with Crippen LogP contribution in [0.25, 0.3) is 6.08 Å². The van der Waals surface area contributed by atoms with Gasteiger partial charge in [-0.3, -0.25) is 10.2 Å². The molecule has 0 unspecified atom stereocenters. The van der Waals surface area contributed by atoms with Crippen LogP contribution in [0.1, 0.15) is 16.7 Å². The number of aliphatic carboxylic acids is 1. The molecule has 2 aromatic carbocycles. The lowest BCUT2D eigenvalue weighted by molar-refractivity contribution is -0.145. The van der Waals surface area contributed by atoms with Gasteiger partial charge in [0.25, 0.3) is 0 Å². The maximum atomic E-state index is 12.8. The number of likely N-dealkylation sites (tertiary alicyclic amines) is 1. The van der Waals surface area contributed by atoms with Gasteiger partial charge in [0.2, 0.25) is 0 Å². The summed E-state index contributed by atoms with van der Waals surface area (Å²) in [6.45, 7) is 0.815. The summed E-state index contributed by atoms with van der Waals surface area (Å²) >= 11 is 0. The summed E-state index contributed by atoms with van der Waals surface area (Å²) < 4.78 is 44.2. The largest absolute Gasteiger partial charge is 0.489 e. The van der Waals surface area contributed by atoms with Gasteiger partial charge >= 0.3 is 12.1 Å². The Morgan fingerprint density at radius 1 is 1.20 bits per heavy atom. The quantitative estimate of drug-likeness (QED) is 0.785. The second-order valence-electron chi connectivity index (χ2n) is 7.09. The first-order chi connectivity index (χ1) is 14.3. The average Bonchev–Trinajstić information content (AvgIpc) is 2.87. The molecule has 0 aromatic heterocycles. The Morgan fingerprint density at radius 3 is 2.73 bits per heavy atom. The van der Waals surface area contributed by atoms with Crippen molar-refractivity contribution in [1.82, 2.24) is 4.90 Å². The molecule has 2 aliphatic heterocycles. The normalized spacial score (nSPS) is 16.1. The number of nitrogens with zero attached hydrogens (tertiary/aromatic N) is 2. The molecule has 6 nitrogen and oxygen atoms in total. The summed E-state index contributed by atoms with van der Waals surface area (Å²) in [5.41, 5.74) is 4.20. The van der Waals surface area contributed by atoms with E-state index in [1.165, 1.54) is 6.07 Å². The molecule has 0 atom stereocenters. The Balaban J connectivity index is 1.41. The Morgan fingerprint density at radius 2 is 2.00 bits per heavy atom. The van der Waals surface area contributed by atoms with Crippen molar-refractivity contribution in [3.8, 4) is 5.75 Å². The summed E-state index contributed by atoms with van der Waals surface area (Å²) in [5.74, 6) is -0.0584. The molecule has 9 heteroatoms. The third-order valence-electron chi connectivity index (χ3n) is 4.94. The van der Waals surface area contributed by atoms with Crippen LogP contribution in [-0.4, -0.2) is 34.9 Å². The highest BCUT2D eigenvalue weighted by Crippen LogP contribution is 2.30. The minimum absolute atomic E-state index is 0.00591. The fraction of sp³-hybridized carbons (Fsp3) is 0.238. The van der Waals surface area contributed by atoms with Crippen LogP contribution in [0.15, 0.2) is 53.6 Å². The standard InChI is InChI=1S/C21H18F3N3O3/c22-21(23,24)16-3-1-2-13(8-16)12-30-17-5-6-18-14(9-17)4-7-19(26-25-18)27-10-15(11-27)20(28)29/h1-9,15,25H,10-12H2,(H,28,29). The summed E-state index contributed by atoms with van der Waals surface area (Å²) in [6.07, 6.45) is -0.776. The highest BCUT2D eigenvalue weighted by atomic mass is 19.4. The molecule has 0 saturated carbocycles. The molecule has 0 spiro atoms. The number of rotatable bonds is 4. The Labute approximate surface area is 170 Å². The highest BCUT2D eigenvalue weighted by molar-refractivity contribution is 6.00. The van der Waals surface area contributed by atoms with E-state index in [4.69, 9.17) is 9.84 Å². The Kier molecular flexibility index (Phi) is 5.11. The molecule has 156 valence electrons. The molecule has 0 amide bonds. The number of alkyl halides is 3. The monoisotopic (exact) mass is 417 g/mol. The smallest absolute Gasteiger partial charge is 0.416 e. The van der Waals surface area contributed by atoms with Crippen molar-refractivity contribution >= 4 is 23.6 Å². The van der Waals surface area contributed by atoms with Gasteiger partial charge in [0.15, 0.2) is 0 Å². The zero-order valence-electron chi connectivity index (χ0n) is 15.7. The number of halogens is 3. The number of benzene rings is 2. The van der Waals surface area contributed by atoms with E-state index in [1.54, 1.807) is 30.3 Å². The molecule has 0 aliphatic carbocycles. The number of carboxylic acid groups (broad SMARTS) is 1. The van der Waals surface area contributed by atoms with Crippen molar-refractivity contribution in [3.63, 3.8) is 0 Å². The van der Waals surface area contributed by atoms with E-state index >= 15 is 0 Å². The lowest BCUT2D eigenvalue weighted by atomic mass is 10.0. The van der Waals surface area contributed by atoms with E-state index in [0.717, 1.165) is 23.4 Å². The second-order valence-corrected chi connectivity index (χ2v) is 7.09. The van der Waals surface area contributed by atoms with Crippen LogP contribution >= 0.6 is 0 Å². The van der Waals surface area contributed by atoms with Crippen LogP contribution in [0.5, 0.6) is 5.75 Å². The molecular formula is C21H18F3N3O3.